The Morgan fingerprint density at radius 3 is 2.66 bits per heavy atom. The molecular weight excluding hydrogens is 388 g/mol. The van der Waals surface area contributed by atoms with Crippen LogP contribution in [0.25, 0.3) is 21.9 Å². The van der Waals surface area contributed by atoms with Gasteiger partial charge in [-0.1, -0.05) is 23.9 Å². The first kappa shape index (κ1) is 19.3. The summed E-state index contributed by atoms with van der Waals surface area (Å²) in [6, 6.07) is 14.2. The van der Waals surface area contributed by atoms with Gasteiger partial charge in [-0.3, -0.25) is 9.36 Å². The molecule has 2 aromatic carbocycles. The van der Waals surface area contributed by atoms with Gasteiger partial charge in [0.1, 0.15) is 11.3 Å². The van der Waals surface area contributed by atoms with Crippen molar-refractivity contribution in [2.75, 3.05) is 7.11 Å². The summed E-state index contributed by atoms with van der Waals surface area (Å²) in [6.07, 6.45) is 0. The second-order valence-corrected chi connectivity index (χ2v) is 7.86. The maximum Gasteiger partial charge on any atom is 0.336 e. The first-order valence-electron chi connectivity index (χ1n) is 9.23. The molecule has 6 nitrogen and oxygen atoms in total. The number of ether oxygens (including phenoxy) is 1. The lowest BCUT2D eigenvalue weighted by Crippen LogP contribution is -2.25. The fraction of sp³-hybridized carbons (Fsp3) is 0.227. The molecule has 0 saturated carbocycles. The van der Waals surface area contributed by atoms with Crippen LogP contribution in [0, 0.1) is 0 Å². The smallest absolute Gasteiger partial charge is 0.336 e. The van der Waals surface area contributed by atoms with Gasteiger partial charge in [0.2, 0.25) is 0 Å². The van der Waals surface area contributed by atoms with Crippen LogP contribution >= 0.6 is 11.8 Å². The van der Waals surface area contributed by atoms with Gasteiger partial charge in [-0.15, -0.1) is 0 Å². The number of para-hydroxylation sites is 1. The summed E-state index contributed by atoms with van der Waals surface area (Å²) in [6.45, 7) is 3.92. The summed E-state index contributed by atoms with van der Waals surface area (Å²) < 4.78 is 12.2. The highest BCUT2D eigenvalue weighted by Gasteiger charge is 2.15. The molecule has 0 aliphatic heterocycles. The second-order valence-electron chi connectivity index (χ2n) is 6.92. The summed E-state index contributed by atoms with van der Waals surface area (Å²) in [5, 5.41) is 2.05. The van der Waals surface area contributed by atoms with E-state index >= 15 is 0 Å². The van der Waals surface area contributed by atoms with Crippen molar-refractivity contribution in [3.05, 3.63) is 74.9 Å². The summed E-state index contributed by atoms with van der Waals surface area (Å²) in [5.74, 6) is 1.10. The van der Waals surface area contributed by atoms with E-state index in [0.717, 1.165) is 10.9 Å². The molecule has 0 saturated heterocycles. The predicted molar refractivity (Wildman–Crippen MR) is 115 cm³/mol. The fourth-order valence-corrected chi connectivity index (χ4v) is 4.40. The summed E-state index contributed by atoms with van der Waals surface area (Å²) in [5.41, 5.74) is 1.48. The van der Waals surface area contributed by atoms with Crippen LogP contribution in [0.15, 0.2) is 67.7 Å². The maximum atomic E-state index is 13.0. The van der Waals surface area contributed by atoms with Crippen LogP contribution in [0.2, 0.25) is 0 Å². The SMILES string of the molecule is COc1ccc2c(CSc3nc4ccccc4c(=O)n3C(C)C)cc(=O)oc2c1. The molecule has 4 rings (SSSR count). The molecule has 148 valence electrons. The zero-order chi connectivity index (χ0) is 20.5. The standard InChI is InChI=1S/C22H20N2O4S/c1-13(2)24-21(26)17-6-4-5-7-18(17)23-22(24)29-12-14-10-20(25)28-19-11-15(27-3)8-9-16(14)19/h4-11,13H,12H2,1-3H3. The highest BCUT2D eigenvalue weighted by Crippen LogP contribution is 2.29. The number of rotatable bonds is 5. The van der Waals surface area contributed by atoms with Gasteiger partial charge >= 0.3 is 5.63 Å². The van der Waals surface area contributed by atoms with Crippen molar-refractivity contribution >= 4 is 33.6 Å². The van der Waals surface area contributed by atoms with E-state index in [0.29, 0.717) is 33.1 Å². The van der Waals surface area contributed by atoms with E-state index in [-0.39, 0.29) is 11.6 Å². The molecule has 2 heterocycles. The van der Waals surface area contributed by atoms with Gasteiger partial charge in [0.15, 0.2) is 5.16 Å². The Hall–Kier alpha value is -3.06. The first-order chi connectivity index (χ1) is 14.0. The third kappa shape index (κ3) is 3.65. The first-order valence-corrected chi connectivity index (χ1v) is 10.2. The van der Waals surface area contributed by atoms with Crippen molar-refractivity contribution in [2.45, 2.75) is 30.8 Å². The zero-order valence-electron chi connectivity index (χ0n) is 16.3. The fourth-order valence-electron chi connectivity index (χ4n) is 3.28. The van der Waals surface area contributed by atoms with Crippen molar-refractivity contribution in [1.82, 2.24) is 9.55 Å². The van der Waals surface area contributed by atoms with E-state index in [2.05, 4.69) is 0 Å². The van der Waals surface area contributed by atoms with Crippen molar-refractivity contribution in [3.8, 4) is 5.75 Å². The molecule has 4 aromatic rings. The molecule has 0 radical (unpaired) electrons. The Bertz CT molecular complexity index is 1320. The van der Waals surface area contributed by atoms with E-state index in [4.69, 9.17) is 14.1 Å². The van der Waals surface area contributed by atoms with Gasteiger partial charge in [-0.2, -0.15) is 0 Å². The lowest BCUT2D eigenvalue weighted by Gasteiger charge is -2.16. The number of benzene rings is 2. The highest BCUT2D eigenvalue weighted by atomic mass is 32.2. The van der Waals surface area contributed by atoms with Crippen LogP contribution in [-0.4, -0.2) is 16.7 Å². The Balaban J connectivity index is 1.78. The summed E-state index contributed by atoms with van der Waals surface area (Å²) in [7, 11) is 1.57. The monoisotopic (exact) mass is 408 g/mol. The summed E-state index contributed by atoms with van der Waals surface area (Å²) in [4.78, 5) is 29.7. The highest BCUT2D eigenvalue weighted by molar-refractivity contribution is 7.98. The molecule has 0 N–H and O–H groups in total. The van der Waals surface area contributed by atoms with Gasteiger partial charge in [0, 0.05) is 29.3 Å². The van der Waals surface area contributed by atoms with Crippen molar-refractivity contribution in [3.63, 3.8) is 0 Å². The average Bonchev–Trinajstić information content (AvgIpc) is 2.71. The summed E-state index contributed by atoms with van der Waals surface area (Å²) >= 11 is 1.43. The minimum absolute atomic E-state index is 0.0380. The zero-order valence-corrected chi connectivity index (χ0v) is 17.2. The molecular formula is C22H20N2O4S. The largest absolute Gasteiger partial charge is 0.497 e. The molecule has 7 heteroatoms. The molecule has 0 spiro atoms. The predicted octanol–water partition coefficient (Wildman–Crippen LogP) is 4.38. The molecule has 0 atom stereocenters. The van der Waals surface area contributed by atoms with Crippen molar-refractivity contribution in [2.24, 2.45) is 0 Å². The number of fused-ring (bicyclic) bond motifs is 2. The van der Waals surface area contributed by atoms with E-state index in [1.165, 1.54) is 17.8 Å². The van der Waals surface area contributed by atoms with Crippen molar-refractivity contribution < 1.29 is 9.15 Å². The van der Waals surface area contributed by atoms with Crippen molar-refractivity contribution in [1.29, 1.82) is 0 Å². The number of thioether (sulfide) groups is 1. The van der Waals surface area contributed by atoms with Gasteiger partial charge in [0.25, 0.3) is 5.56 Å². The number of aromatic nitrogens is 2. The third-order valence-electron chi connectivity index (χ3n) is 4.69. The Labute approximate surface area is 171 Å². The van der Waals surface area contributed by atoms with Gasteiger partial charge in [-0.25, -0.2) is 9.78 Å². The van der Waals surface area contributed by atoms with E-state index in [1.54, 1.807) is 23.8 Å². The molecule has 0 aliphatic rings. The van der Waals surface area contributed by atoms with Crippen LogP contribution in [0.3, 0.4) is 0 Å². The normalized spacial score (nSPS) is 11.4. The Morgan fingerprint density at radius 1 is 1.10 bits per heavy atom. The van der Waals surface area contributed by atoms with Gasteiger partial charge in [-0.05, 0) is 43.7 Å². The number of methoxy groups -OCH3 is 1. The van der Waals surface area contributed by atoms with Crippen LogP contribution in [0.5, 0.6) is 5.75 Å². The van der Waals surface area contributed by atoms with E-state index in [9.17, 15) is 9.59 Å². The Kier molecular flexibility index (Phi) is 5.15. The minimum Gasteiger partial charge on any atom is -0.497 e. The van der Waals surface area contributed by atoms with Crippen LogP contribution in [0.4, 0.5) is 0 Å². The maximum absolute atomic E-state index is 13.0. The molecule has 0 fully saturated rings. The van der Waals surface area contributed by atoms with Gasteiger partial charge in [0.05, 0.1) is 18.0 Å². The number of hydrogen-bond donors (Lipinski definition) is 0. The van der Waals surface area contributed by atoms with Gasteiger partial charge < -0.3 is 9.15 Å². The van der Waals surface area contributed by atoms with E-state index < -0.39 is 5.63 Å². The van der Waals surface area contributed by atoms with Crippen LogP contribution in [0.1, 0.15) is 25.5 Å². The topological polar surface area (TPSA) is 74.3 Å². The molecule has 0 aliphatic carbocycles. The third-order valence-corrected chi connectivity index (χ3v) is 5.69. The average molecular weight is 408 g/mol. The Morgan fingerprint density at radius 2 is 1.90 bits per heavy atom. The minimum atomic E-state index is -0.422. The molecule has 29 heavy (non-hydrogen) atoms. The lowest BCUT2D eigenvalue weighted by atomic mass is 10.1. The van der Waals surface area contributed by atoms with E-state index in [1.807, 2.05) is 44.2 Å². The number of nitrogens with zero attached hydrogens (tertiary/aromatic N) is 2. The molecule has 2 aromatic heterocycles. The lowest BCUT2D eigenvalue weighted by molar-refractivity contribution is 0.414. The molecule has 0 unspecified atom stereocenters. The molecule has 0 bridgehead atoms. The van der Waals surface area contributed by atoms with Crippen LogP contribution < -0.4 is 15.9 Å². The molecule has 0 amide bonds. The number of hydrogen-bond acceptors (Lipinski definition) is 6. The van der Waals surface area contributed by atoms with Crippen LogP contribution in [-0.2, 0) is 5.75 Å². The quantitative estimate of drug-likeness (QED) is 0.277. The second kappa shape index (κ2) is 7.75.